The summed E-state index contributed by atoms with van der Waals surface area (Å²) >= 11 is 3.45. The van der Waals surface area contributed by atoms with Crippen LogP contribution >= 0.6 is 15.9 Å². The van der Waals surface area contributed by atoms with Crippen LogP contribution in [0.2, 0.25) is 0 Å². The molecule has 0 aliphatic rings. The molecule has 0 amide bonds. The van der Waals surface area contributed by atoms with Gasteiger partial charge in [-0.3, -0.25) is 9.59 Å². The van der Waals surface area contributed by atoms with Gasteiger partial charge in [-0.25, -0.2) is 0 Å². The maximum absolute atomic E-state index is 14.7. The van der Waals surface area contributed by atoms with E-state index in [0.717, 1.165) is 0 Å². The van der Waals surface area contributed by atoms with Gasteiger partial charge in [0.15, 0.2) is 5.95 Å². The van der Waals surface area contributed by atoms with E-state index in [1.807, 2.05) is 16.7 Å². The third-order valence-electron chi connectivity index (χ3n) is 7.45. The Kier molecular flexibility index (Phi) is 9.19. The highest BCUT2D eigenvalue weighted by Crippen LogP contribution is 2.37. The molecule has 6 N–H and O–H groups in total. The molecule has 12 heteroatoms. The first-order chi connectivity index (χ1) is 22.0. The van der Waals surface area contributed by atoms with E-state index in [-0.39, 0.29) is 47.0 Å². The quantitative estimate of drug-likeness (QED) is 0.107. The van der Waals surface area contributed by atoms with E-state index in [4.69, 9.17) is 10.2 Å². The minimum atomic E-state index is -1.14. The van der Waals surface area contributed by atoms with E-state index >= 15 is 0 Å². The Morgan fingerprint density at radius 3 is 1.96 bits per heavy atom. The van der Waals surface area contributed by atoms with Crippen molar-refractivity contribution >= 4 is 49.7 Å². The number of hydrogen-bond acceptors (Lipinski definition) is 6. The van der Waals surface area contributed by atoms with E-state index in [1.54, 1.807) is 48.5 Å². The molecule has 0 atom stereocenters. The minimum Gasteiger partial charge on any atom is -0.508 e. The average molecular weight is 692 g/mol. The number of rotatable bonds is 8. The second-order valence-corrected chi connectivity index (χ2v) is 11.2. The summed E-state index contributed by atoms with van der Waals surface area (Å²) in [5.74, 6) is -2.61. The lowest BCUT2D eigenvalue weighted by molar-refractivity contribution is -0.137. The van der Waals surface area contributed by atoms with Crippen LogP contribution in [0.15, 0.2) is 89.5 Å². The monoisotopic (exact) mass is 690 g/mol. The summed E-state index contributed by atoms with van der Waals surface area (Å²) in [6, 6.07) is 22.8. The Labute approximate surface area is 269 Å². The first kappa shape index (κ1) is 31.9. The minimum absolute atomic E-state index is 0.0375. The first-order valence-electron chi connectivity index (χ1n) is 13.9. The molecule has 0 fully saturated rings. The standard InChI is InChI=1S/C17H14BrNO4.C17H14FNO4/c18-17-11(8-15(22)23)16-12(5-3-7-14(16)21)19(17)9-10-4-1-2-6-13(10)20;18-17-13(8-15(22)23)12-2-1-3-14(21)16(12)19(17)9-10-4-6-11(20)7-5-10/h2*1-7,20-21H,8-9H2,(H,22,23). The molecule has 236 valence electrons. The van der Waals surface area contributed by atoms with Crippen LogP contribution < -0.4 is 0 Å². The number of aliphatic carboxylic acids is 2. The summed E-state index contributed by atoms with van der Waals surface area (Å²) in [5.41, 5.74) is 2.94. The fraction of sp³-hybridized carbons (Fsp3) is 0.118. The lowest BCUT2D eigenvalue weighted by atomic mass is 10.1. The van der Waals surface area contributed by atoms with Crippen molar-refractivity contribution in [3.05, 3.63) is 118 Å². The number of carboxylic acids is 2. The zero-order valence-corrected chi connectivity index (χ0v) is 25.6. The predicted molar refractivity (Wildman–Crippen MR) is 172 cm³/mol. The third kappa shape index (κ3) is 6.47. The van der Waals surface area contributed by atoms with Gasteiger partial charge in [-0.2, -0.15) is 4.39 Å². The van der Waals surface area contributed by atoms with E-state index in [0.29, 0.717) is 44.1 Å². The summed E-state index contributed by atoms with van der Waals surface area (Å²) in [6.07, 6.45) is -0.670. The molecule has 0 spiro atoms. The normalized spacial score (nSPS) is 11.0. The Balaban J connectivity index is 0.000000181. The molecule has 0 unspecified atom stereocenters. The van der Waals surface area contributed by atoms with Gasteiger partial charge in [-0.1, -0.05) is 48.5 Å². The van der Waals surface area contributed by atoms with Crippen molar-refractivity contribution in [1.29, 1.82) is 0 Å². The highest BCUT2D eigenvalue weighted by Gasteiger charge is 2.22. The lowest BCUT2D eigenvalue weighted by Crippen LogP contribution is -2.06. The summed E-state index contributed by atoms with van der Waals surface area (Å²) in [6.45, 7) is 0.465. The molecule has 6 rings (SSSR count). The molecule has 2 heterocycles. The SMILES string of the molecule is O=C(O)Cc1c(Br)n(Cc2ccccc2O)c2cccc(O)c12.O=C(O)Cc1c(F)n(Cc2ccc(O)cc2)c2c(O)cccc12. The first-order valence-corrected chi connectivity index (χ1v) is 14.7. The van der Waals surface area contributed by atoms with Crippen LogP contribution in [-0.4, -0.2) is 51.7 Å². The number of carboxylic acid groups (broad SMARTS) is 2. The number of halogens is 2. The molecule has 4 aromatic carbocycles. The van der Waals surface area contributed by atoms with E-state index < -0.39 is 24.3 Å². The van der Waals surface area contributed by atoms with Gasteiger partial charge in [0.05, 0.1) is 41.6 Å². The van der Waals surface area contributed by atoms with Crippen molar-refractivity contribution in [2.75, 3.05) is 0 Å². The summed E-state index contributed by atoms with van der Waals surface area (Å²) in [4.78, 5) is 22.1. The van der Waals surface area contributed by atoms with Gasteiger partial charge < -0.3 is 39.8 Å². The van der Waals surface area contributed by atoms with Gasteiger partial charge in [0.2, 0.25) is 0 Å². The Morgan fingerprint density at radius 2 is 1.28 bits per heavy atom. The van der Waals surface area contributed by atoms with Crippen molar-refractivity contribution < 1.29 is 44.6 Å². The number of hydrogen-bond donors (Lipinski definition) is 6. The number of aromatic nitrogens is 2. The molecule has 0 bridgehead atoms. The number of benzene rings is 4. The molecule has 0 radical (unpaired) electrons. The lowest BCUT2D eigenvalue weighted by Gasteiger charge is -2.09. The molecular weight excluding hydrogens is 663 g/mol. The van der Waals surface area contributed by atoms with E-state index in [1.165, 1.54) is 28.8 Å². The number of fused-ring (bicyclic) bond motifs is 2. The second-order valence-electron chi connectivity index (χ2n) is 10.5. The van der Waals surface area contributed by atoms with Crippen molar-refractivity contribution in [3.8, 4) is 23.0 Å². The van der Waals surface area contributed by atoms with Gasteiger partial charge in [0.1, 0.15) is 23.0 Å². The van der Waals surface area contributed by atoms with E-state index in [9.17, 15) is 34.4 Å². The van der Waals surface area contributed by atoms with Gasteiger partial charge in [0, 0.05) is 27.5 Å². The molecule has 0 aliphatic heterocycles. The van der Waals surface area contributed by atoms with E-state index in [2.05, 4.69) is 15.9 Å². The van der Waals surface area contributed by atoms with Crippen LogP contribution in [0.1, 0.15) is 22.3 Å². The van der Waals surface area contributed by atoms with Crippen LogP contribution in [0.5, 0.6) is 23.0 Å². The largest absolute Gasteiger partial charge is 0.508 e. The topological polar surface area (TPSA) is 165 Å². The Hall–Kier alpha value is -5.49. The third-order valence-corrected chi connectivity index (χ3v) is 8.35. The fourth-order valence-corrected chi connectivity index (χ4v) is 6.05. The highest BCUT2D eigenvalue weighted by molar-refractivity contribution is 9.10. The molecule has 0 saturated carbocycles. The number of aromatic hydroxyl groups is 4. The molecule has 0 aliphatic carbocycles. The second kappa shape index (κ2) is 13.2. The molecular formula is C34H28BrFN2O8. The number of nitrogens with zero attached hydrogens (tertiary/aromatic N) is 2. The number of carbonyl (C=O) groups is 2. The fourth-order valence-electron chi connectivity index (χ4n) is 5.40. The number of phenolic OH excluding ortho intramolecular Hbond substituents is 4. The van der Waals surface area contributed by atoms with Gasteiger partial charge >= 0.3 is 11.9 Å². The van der Waals surface area contributed by atoms with Gasteiger partial charge in [-0.15, -0.1) is 0 Å². The van der Waals surface area contributed by atoms with Crippen molar-refractivity contribution in [3.63, 3.8) is 0 Å². The van der Waals surface area contributed by atoms with Gasteiger partial charge in [0.25, 0.3) is 0 Å². The maximum Gasteiger partial charge on any atom is 0.308 e. The Bertz CT molecular complexity index is 2090. The van der Waals surface area contributed by atoms with Gasteiger partial charge in [-0.05, 0) is 57.9 Å². The van der Waals surface area contributed by atoms with Crippen LogP contribution in [0, 0.1) is 5.95 Å². The molecule has 6 aromatic rings. The zero-order chi connectivity index (χ0) is 33.1. The smallest absolute Gasteiger partial charge is 0.308 e. The van der Waals surface area contributed by atoms with Crippen molar-refractivity contribution in [2.45, 2.75) is 25.9 Å². The molecule has 46 heavy (non-hydrogen) atoms. The summed E-state index contributed by atoms with van der Waals surface area (Å²) < 4.78 is 18.4. The average Bonchev–Trinajstić information content (AvgIpc) is 3.42. The van der Waals surface area contributed by atoms with Crippen LogP contribution in [0.3, 0.4) is 0 Å². The summed E-state index contributed by atoms with van der Waals surface area (Å²) in [5, 5.41) is 58.5. The van der Waals surface area contributed by atoms with Crippen LogP contribution in [0.25, 0.3) is 21.8 Å². The predicted octanol–water partition coefficient (Wildman–Crippen LogP) is 6.36. The van der Waals surface area contributed by atoms with Crippen molar-refractivity contribution in [1.82, 2.24) is 9.13 Å². The summed E-state index contributed by atoms with van der Waals surface area (Å²) in [7, 11) is 0. The molecule has 0 saturated heterocycles. The Morgan fingerprint density at radius 1 is 0.674 bits per heavy atom. The highest BCUT2D eigenvalue weighted by atomic mass is 79.9. The number of phenols is 4. The number of para-hydroxylation sites is 2. The van der Waals surface area contributed by atoms with Crippen molar-refractivity contribution in [2.24, 2.45) is 0 Å². The molecule has 2 aromatic heterocycles. The maximum atomic E-state index is 14.7. The zero-order valence-electron chi connectivity index (χ0n) is 24.1. The van der Waals surface area contributed by atoms with Crippen LogP contribution in [-0.2, 0) is 35.5 Å². The molecule has 10 nitrogen and oxygen atoms in total. The van der Waals surface area contributed by atoms with Crippen LogP contribution in [0.4, 0.5) is 4.39 Å².